The average Bonchev–Trinajstić information content (AvgIpc) is 3.17. The molecule has 1 aliphatic heterocycles. The lowest BCUT2D eigenvalue weighted by molar-refractivity contribution is -0.143. The quantitative estimate of drug-likeness (QED) is 0.512. The molecule has 32 heavy (non-hydrogen) atoms. The summed E-state index contributed by atoms with van der Waals surface area (Å²) < 4.78 is 78.2. The Hall–Kier alpha value is -3.56. The molecule has 0 bridgehead atoms. The Balaban J connectivity index is 1.66. The number of benzene rings is 1. The number of rotatable bonds is 3. The number of pyridine rings is 1. The van der Waals surface area contributed by atoms with Crippen molar-refractivity contribution in [3.63, 3.8) is 0 Å². The maximum atomic E-state index is 13.0. The molecule has 0 aliphatic carbocycles. The van der Waals surface area contributed by atoms with E-state index in [0.717, 1.165) is 11.8 Å². The van der Waals surface area contributed by atoms with Gasteiger partial charge < -0.3 is 10.3 Å². The molecule has 4 nitrogen and oxygen atoms in total. The normalized spacial score (nSPS) is 14.5. The summed E-state index contributed by atoms with van der Waals surface area (Å²) in [5.41, 5.74) is -0.0563. The number of carbonyl (C=O) groups excluding carboxylic acids is 1. The standard InChI is InChI=1S/C22H15F6N3O/c23-21(24,25)14-7-12(8-15(10-14)22(26,27)28)1-2-16-9-13(3-5-29-16)19-11-17-18(31-19)4-6-30-20(17)32/h1-3,5,7-11,31H,4,6H2,(H,30,32). The number of amides is 1. The van der Waals surface area contributed by atoms with E-state index in [-0.39, 0.29) is 17.5 Å². The Bertz CT molecular complexity index is 1170. The Kier molecular flexibility index (Phi) is 5.31. The summed E-state index contributed by atoms with van der Waals surface area (Å²) in [7, 11) is 0. The van der Waals surface area contributed by atoms with Crippen LogP contribution in [0.15, 0.2) is 42.6 Å². The maximum absolute atomic E-state index is 13.0. The summed E-state index contributed by atoms with van der Waals surface area (Å²) in [6.45, 7) is 0.521. The highest BCUT2D eigenvalue weighted by atomic mass is 19.4. The number of aromatic nitrogens is 2. The summed E-state index contributed by atoms with van der Waals surface area (Å²) >= 11 is 0. The molecule has 0 unspecified atom stereocenters. The van der Waals surface area contributed by atoms with Crippen molar-refractivity contribution in [1.29, 1.82) is 0 Å². The first-order valence-electron chi connectivity index (χ1n) is 9.45. The molecule has 1 aliphatic rings. The molecule has 0 atom stereocenters. The Morgan fingerprint density at radius 2 is 1.59 bits per heavy atom. The second-order valence-electron chi connectivity index (χ2n) is 7.22. The highest BCUT2D eigenvalue weighted by molar-refractivity contribution is 5.97. The average molecular weight is 451 g/mol. The fourth-order valence-corrected chi connectivity index (χ4v) is 3.41. The van der Waals surface area contributed by atoms with Crippen molar-refractivity contribution in [3.8, 4) is 11.3 Å². The summed E-state index contributed by atoms with van der Waals surface area (Å²) in [6.07, 6.45) is -5.25. The van der Waals surface area contributed by atoms with Gasteiger partial charge in [-0.1, -0.05) is 6.08 Å². The van der Waals surface area contributed by atoms with Gasteiger partial charge in [0.2, 0.25) is 0 Å². The smallest absolute Gasteiger partial charge is 0.358 e. The molecular formula is C22H15F6N3O. The van der Waals surface area contributed by atoms with E-state index in [4.69, 9.17) is 0 Å². The van der Waals surface area contributed by atoms with E-state index < -0.39 is 23.5 Å². The van der Waals surface area contributed by atoms with Crippen molar-refractivity contribution in [2.45, 2.75) is 18.8 Å². The third-order valence-corrected chi connectivity index (χ3v) is 4.95. The molecule has 3 aromatic rings. The number of carbonyl (C=O) groups is 1. The number of alkyl halides is 6. The summed E-state index contributed by atoms with van der Waals surface area (Å²) in [4.78, 5) is 19.2. The highest BCUT2D eigenvalue weighted by Crippen LogP contribution is 2.36. The van der Waals surface area contributed by atoms with E-state index in [1.54, 1.807) is 18.2 Å². The van der Waals surface area contributed by atoms with Gasteiger partial charge in [0.05, 0.1) is 22.4 Å². The van der Waals surface area contributed by atoms with E-state index in [0.29, 0.717) is 47.6 Å². The molecule has 0 radical (unpaired) electrons. The second kappa shape index (κ2) is 7.85. The topological polar surface area (TPSA) is 57.8 Å². The molecule has 0 spiro atoms. The maximum Gasteiger partial charge on any atom is 0.416 e. The monoisotopic (exact) mass is 451 g/mol. The van der Waals surface area contributed by atoms with Gasteiger partial charge >= 0.3 is 12.4 Å². The zero-order valence-electron chi connectivity index (χ0n) is 16.2. The molecule has 2 aromatic heterocycles. The molecule has 3 heterocycles. The molecule has 2 N–H and O–H groups in total. The van der Waals surface area contributed by atoms with Crippen LogP contribution in [-0.4, -0.2) is 22.4 Å². The SMILES string of the molecule is O=C1NCCc2[nH]c(-c3ccnc(C=Cc4cc(C(F)(F)F)cc(C(F)(F)F)c4)c3)cc21. The van der Waals surface area contributed by atoms with E-state index in [1.165, 1.54) is 12.3 Å². The van der Waals surface area contributed by atoms with E-state index in [2.05, 4.69) is 15.3 Å². The summed E-state index contributed by atoms with van der Waals surface area (Å²) in [5, 5.41) is 2.74. The van der Waals surface area contributed by atoms with E-state index >= 15 is 0 Å². The van der Waals surface area contributed by atoms with Gasteiger partial charge in [0.25, 0.3) is 5.91 Å². The molecule has 10 heteroatoms. The minimum Gasteiger partial charge on any atom is -0.358 e. The van der Waals surface area contributed by atoms with Crippen molar-refractivity contribution in [1.82, 2.24) is 15.3 Å². The van der Waals surface area contributed by atoms with Gasteiger partial charge in [-0.25, -0.2) is 0 Å². The molecule has 1 amide bonds. The van der Waals surface area contributed by atoms with Gasteiger partial charge in [-0.3, -0.25) is 9.78 Å². The number of hydrogen-bond acceptors (Lipinski definition) is 2. The summed E-state index contributed by atoms with van der Waals surface area (Å²) in [5.74, 6) is -0.187. The number of hydrogen-bond donors (Lipinski definition) is 2. The number of halogens is 6. The first kappa shape index (κ1) is 21.7. The van der Waals surface area contributed by atoms with Crippen LogP contribution in [0.2, 0.25) is 0 Å². The van der Waals surface area contributed by atoms with Crippen molar-refractivity contribution >= 4 is 18.1 Å². The fourth-order valence-electron chi connectivity index (χ4n) is 3.41. The largest absolute Gasteiger partial charge is 0.416 e. The number of nitrogens with zero attached hydrogens (tertiary/aromatic N) is 1. The van der Waals surface area contributed by atoms with Crippen LogP contribution in [0.25, 0.3) is 23.4 Å². The van der Waals surface area contributed by atoms with Gasteiger partial charge in [0, 0.05) is 36.1 Å². The lowest BCUT2D eigenvalue weighted by Crippen LogP contribution is -2.31. The third kappa shape index (κ3) is 4.53. The van der Waals surface area contributed by atoms with Crippen LogP contribution in [0.4, 0.5) is 26.3 Å². The van der Waals surface area contributed by atoms with Crippen LogP contribution in [0.1, 0.15) is 38.4 Å². The Morgan fingerprint density at radius 3 is 2.22 bits per heavy atom. The van der Waals surface area contributed by atoms with Crippen LogP contribution in [-0.2, 0) is 18.8 Å². The van der Waals surface area contributed by atoms with Crippen molar-refractivity contribution in [2.75, 3.05) is 6.54 Å². The predicted octanol–water partition coefficient (Wildman–Crippen LogP) is 5.57. The number of aromatic amines is 1. The second-order valence-corrected chi connectivity index (χ2v) is 7.22. The van der Waals surface area contributed by atoms with E-state index in [9.17, 15) is 31.1 Å². The minimum absolute atomic E-state index is 0.0827. The number of fused-ring (bicyclic) bond motifs is 1. The third-order valence-electron chi connectivity index (χ3n) is 4.95. The predicted molar refractivity (Wildman–Crippen MR) is 105 cm³/mol. The molecular weight excluding hydrogens is 436 g/mol. The lowest BCUT2D eigenvalue weighted by Gasteiger charge is -2.12. The molecule has 0 fully saturated rings. The van der Waals surface area contributed by atoms with Gasteiger partial charge in [0.15, 0.2) is 0 Å². The first-order chi connectivity index (χ1) is 15.0. The van der Waals surface area contributed by atoms with Crippen LogP contribution >= 0.6 is 0 Å². The van der Waals surface area contributed by atoms with Gasteiger partial charge in [0.1, 0.15) is 0 Å². The van der Waals surface area contributed by atoms with Crippen molar-refractivity contribution in [2.24, 2.45) is 0 Å². The van der Waals surface area contributed by atoms with Gasteiger partial charge in [-0.2, -0.15) is 26.3 Å². The van der Waals surface area contributed by atoms with Crippen LogP contribution in [0, 0.1) is 0 Å². The van der Waals surface area contributed by atoms with E-state index in [1.807, 2.05) is 0 Å². The zero-order chi connectivity index (χ0) is 23.1. The molecule has 1 aromatic carbocycles. The van der Waals surface area contributed by atoms with Crippen molar-refractivity contribution < 1.29 is 31.1 Å². The van der Waals surface area contributed by atoms with Gasteiger partial charge in [-0.05, 0) is 48.0 Å². The molecule has 166 valence electrons. The van der Waals surface area contributed by atoms with Crippen LogP contribution in [0.5, 0.6) is 0 Å². The lowest BCUT2D eigenvalue weighted by atomic mass is 10.0. The first-order valence-corrected chi connectivity index (χ1v) is 9.45. The molecule has 4 rings (SSSR count). The van der Waals surface area contributed by atoms with Gasteiger partial charge in [-0.15, -0.1) is 0 Å². The highest BCUT2D eigenvalue weighted by Gasteiger charge is 2.36. The molecule has 0 saturated heterocycles. The van der Waals surface area contributed by atoms with Crippen molar-refractivity contribution in [3.05, 3.63) is 76.2 Å². The number of nitrogens with one attached hydrogen (secondary N) is 2. The van der Waals surface area contributed by atoms with Crippen LogP contribution in [0.3, 0.4) is 0 Å². The molecule has 0 saturated carbocycles. The Morgan fingerprint density at radius 1 is 0.906 bits per heavy atom. The summed E-state index contributed by atoms with van der Waals surface area (Å²) in [6, 6.07) is 6.36. The Labute approximate surface area is 178 Å². The fraction of sp³-hybridized carbons (Fsp3) is 0.182. The number of H-pyrrole nitrogens is 1. The van der Waals surface area contributed by atoms with Crippen LogP contribution < -0.4 is 5.32 Å². The zero-order valence-corrected chi connectivity index (χ0v) is 16.2. The minimum atomic E-state index is -4.92.